The molecule has 0 saturated heterocycles. The lowest BCUT2D eigenvalue weighted by molar-refractivity contribution is -0.131. The smallest absolute Gasteiger partial charge is 0.229 e. The Hall–Kier alpha value is -1.06. The molecule has 1 amide bonds. The van der Waals surface area contributed by atoms with E-state index in [1.165, 1.54) is 11.1 Å². The first-order valence-electron chi connectivity index (χ1n) is 6.21. The fourth-order valence-electron chi connectivity index (χ4n) is 2.47. The van der Waals surface area contributed by atoms with Gasteiger partial charge >= 0.3 is 0 Å². The van der Waals surface area contributed by atoms with E-state index in [2.05, 4.69) is 23.5 Å². The van der Waals surface area contributed by atoms with E-state index in [-0.39, 0.29) is 24.2 Å². The monoisotopic (exact) mass is 268 g/mol. The Morgan fingerprint density at radius 2 is 2.17 bits per heavy atom. The van der Waals surface area contributed by atoms with Crippen LogP contribution in [0.25, 0.3) is 0 Å². The molecule has 0 bridgehead atoms. The molecular weight excluding hydrogens is 248 g/mol. The summed E-state index contributed by atoms with van der Waals surface area (Å²) in [4.78, 5) is 14.1. The Kier molecular flexibility index (Phi) is 5.63. The van der Waals surface area contributed by atoms with Crippen molar-refractivity contribution in [3.63, 3.8) is 0 Å². The molecular formula is C14H21ClN2O. The van der Waals surface area contributed by atoms with Crippen LogP contribution in [0.3, 0.4) is 0 Å². The zero-order valence-electron chi connectivity index (χ0n) is 11.0. The van der Waals surface area contributed by atoms with E-state index in [4.69, 9.17) is 0 Å². The maximum Gasteiger partial charge on any atom is 0.229 e. The molecule has 1 unspecified atom stereocenters. The van der Waals surface area contributed by atoms with Crippen LogP contribution in [0.1, 0.15) is 23.5 Å². The highest BCUT2D eigenvalue weighted by Gasteiger charge is 2.29. The van der Waals surface area contributed by atoms with Crippen LogP contribution in [-0.2, 0) is 11.2 Å². The standard InChI is InChI=1S/C14H20N2O.ClH/c1-15-9-10-16(2)14(17)13-8-7-11-5-3-4-6-12(11)13;/h3-6,13,15H,7-10H2,1-2H3;1H. The largest absolute Gasteiger partial charge is 0.344 e. The number of hydrogen-bond donors (Lipinski definition) is 1. The van der Waals surface area contributed by atoms with Crippen LogP contribution in [0.5, 0.6) is 0 Å². The summed E-state index contributed by atoms with van der Waals surface area (Å²) in [6.45, 7) is 1.62. The molecule has 1 aliphatic rings. The normalized spacial score (nSPS) is 16.9. The Bertz CT molecular complexity index is 409. The average molecular weight is 269 g/mol. The minimum Gasteiger partial charge on any atom is -0.344 e. The molecule has 0 heterocycles. The number of rotatable bonds is 4. The van der Waals surface area contributed by atoms with Gasteiger partial charge in [0.05, 0.1) is 5.92 Å². The molecule has 0 saturated carbocycles. The number of likely N-dealkylation sites (N-methyl/N-ethyl adjacent to an activating group) is 2. The molecule has 3 nitrogen and oxygen atoms in total. The van der Waals surface area contributed by atoms with Crippen LogP contribution in [0.15, 0.2) is 24.3 Å². The van der Waals surface area contributed by atoms with Gasteiger partial charge in [-0.25, -0.2) is 0 Å². The van der Waals surface area contributed by atoms with E-state index >= 15 is 0 Å². The summed E-state index contributed by atoms with van der Waals surface area (Å²) in [5.41, 5.74) is 2.57. The van der Waals surface area contributed by atoms with Crippen LogP contribution in [0, 0.1) is 0 Å². The minimum atomic E-state index is 0. The first-order valence-corrected chi connectivity index (χ1v) is 6.21. The number of nitrogens with one attached hydrogen (secondary N) is 1. The third-order valence-electron chi connectivity index (χ3n) is 3.50. The summed E-state index contributed by atoms with van der Waals surface area (Å²) in [5, 5.41) is 3.07. The second-order valence-electron chi connectivity index (χ2n) is 4.65. The van der Waals surface area contributed by atoms with E-state index < -0.39 is 0 Å². The minimum absolute atomic E-state index is 0. The van der Waals surface area contributed by atoms with E-state index in [1.807, 2.05) is 25.1 Å². The summed E-state index contributed by atoms with van der Waals surface area (Å²) in [7, 11) is 3.80. The number of fused-ring (bicyclic) bond motifs is 1. The highest BCUT2D eigenvalue weighted by Crippen LogP contribution is 2.33. The number of benzene rings is 1. The van der Waals surface area contributed by atoms with E-state index in [9.17, 15) is 4.79 Å². The lowest BCUT2D eigenvalue weighted by Gasteiger charge is -2.21. The molecule has 0 spiro atoms. The molecule has 0 aliphatic heterocycles. The summed E-state index contributed by atoms with van der Waals surface area (Å²) >= 11 is 0. The van der Waals surface area contributed by atoms with Crippen molar-refractivity contribution in [2.75, 3.05) is 27.2 Å². The number of aryl methyl sites for hydroxylation is 1. The molecule has 1 aromatic rings. The summed E-state index contributed by atoms with van der Waals surface area (Å²) in [6.07, 6.45) is 1.99. The number of carbonyl (C=O) groups is 1. The highest BCUT2D eigenvalue weighted by molar-refractivity contribution is 5.85. The van der Waals surface area contributed by atoms with Gasteiger partial charge in [0.2, 0.25) is 5.91 Å². The summed E-state index contributed by atoms with van der Waals surface area (Å²) in [6, 6.07) is 8.31. The third kappa shape index (κ3) is 3.03. The Balaban J connectivity index is 0.00000162. The van der Waals surface area contributed by atoms with Crippen molar-refractivity contribution in [3.05, 3.63) is 35.4 Å². The quantitative estimate of drug-likeness (QED) is 0.903. The number of nitrogens with zero attached hydrogens (tertiary/aromatic N) is 1. The van der Waals surface area contributed by atoms with Gasteiger partial charge in [0.25, 0.3) is 0 Å². The van der Waals surface area contributed by atoms with Gasteiger partial charge in [-0.05, 0) is 31.0 Å². The van der Waals surface area contributed by atoms with Gasteiger partial charge in [0, 0.05) is 20.1 Å². The second kappa shape index (κ2) is 6.76. The first-order chi connectivity index (χ1) is 8.24. The molecule has 0 fully saturated rings. The van der Waals surface area contributed by atoms with Crippen molar-refractivity contribution in [2.24, 2.45) is 0 Å². The molecule has 4 heteroatoms. The zero-order valence-corrected chi connectivity index (χ0v) is 11.8. The van der Waals surface area contributed by atoms with E-state index in [0.29, 0.717) is 0 Å². The van der Waals surface area contributed by atoms with Crippen LogP contribution in [0.2, 0.25) is 0 Å². The van der Waals surface area contributed by atoms with Crippen LogP contribution in [-0.4, -0.2) is 38.0 Å². The van der Waals surface area contributed by atoms with Crippen LogP contribution in [0.4, 0.5) is 0 Å². The molecule has 2 rings (SSSR count). The Morgan fingerprint density at radius 3 is 2.89 bits per heavy atom. The van der Waals surface area contributed by atoms with Crippen molar-refractivity contribution in [1.82, 2.24) is 10.2 Å². The SMILES string of the molecule is CNCCN(C)C(=O)C1CCc2ccccc21.Cl. The van der Waals surface area contributed by atoms with Gasteiger partial charge < -0.3 is 10.2 Å². The number of amides is 1. The van der Waals surface area contributed by atoms with Crippen molar-refractivity contribution in [1.29, 1.82) is 0 Å². The molecule has 1 N–H and O–H groups in total. The topological polar surface area (TPSA) is 32.3 Å². The van der Waals surface area contributed by atoms with Gasteiger partial charge in [-0.3, -0.25) is 4.79 Å². The fraction of sp³-hybridized carbons (Fsp3) is 0.500. The predicted octanol–water partition coefficient (Wildman–Crippen LogP) is 1.82. The van der Waals surface area contributed by atoms with Gasteiger partial charge in [-0.15, -0.1) is 12.4 Å². The summed E-state index contributed by atoms with van der Waals surface area (Å²) < 4.78 is 0. The van der Waals surface area contributed by atoms with Gasteiger partial charge in [-0.2, -0.15) is 0 Å². The molecule has 1 atom stereocenters. The maximum atomic E-state index is 12.3. The lowest BCUT2D eigenvalue weighted by atomic mass is 10.00. The first kappa shape index (κ1) is 15.0. The second-order valence-corrected chi connectivity index (χ2v) is 4.65. The van der Waals surface area contributed by atoms with Crippen molar-refractivity contribution in [2.45, 2.75) is 18.8 Å². The van der Waals surface area contributed by atoms with Crippen LogP contribution >= 0.6 is 12.4 Å². The lowest BCUT2D eigenvalue weighted by Crippen LogP contribution is -2.35. The number of hydrogen-bond acceptors (Lipinski definition) is 2. The van der Waals surface area contributed by atoms with E-state index in [0.717, 1.165) is 25.9 Å². The molecule has 0 aromatic heterocycles. The van der Waals surface area contributed by atoms with Gasteiger partial charge in [0.15, 0.2) is 0 Å². The molecule has 0 radical (unpaired) electrons. The molecule has 100 valence electrons. The zero-order chi connectivity index (χ0) is 12.3. The third-order valence-corrected chi connectivity index (χ3v) is 3.50. The maximum absolute atomic E-state index is 12.3. The predicted molar refractivity (Wildman–Crippen MR) is 76.3 cm³/mol. The number of carbonyl (C=O) groups excluding carboxylic acids is 1. The summed E-state index contributed by atoms with van der Waals surface area (Å²) in [5.74, 6) is 0.332. The van der Waals surface area contributed by atoms with Gasteiger partial charge in [-0.1, -0.05) is 24.3 Å². The van der Waals surface area contributed by atoms with E-state index in [1.54, 1.807) is 0 Å². The molecule has 18 heavy (non-hydrogen) atoms. The Morgan fingerprint density at radius 1 is 1.44 bits per heavy atom. The van der Waals surface area contributed by atoms with Gasteiger partial charge in [0.1, 0.15) is 0 Å². The molecule has 1 aromatic carbocycles. The fourth-order valence-corrected chi connectivity index (χ4v) is 2.47. The molecule has 1 aliphatic carbocycles. The highest BCUT2D eigenvalue weighted by atomic mass is 35.5. The number of halogens is 1. The van der Waals surface area contributed by atoms with Crippen molar-refractivity contribution >= 4 is 18.3 Å². The van der Waals surface area contributed by atoms with Crippen LogP contribution < -0.4 is 5.32 Å². The average Bonchev–Trinajstić information content (AvgIpc) is 2.78. The van der Waals surface area contributed by atoms with Crippen molar-refractivity contribution < 1.29 is 4.79 Å². The Labute approximate surface area is 115 Å². The van der Waals surface area contributed by atoms with Crippen molar-refractivity contribution in [3.8, 4) is 0 Å².